The molecule has 3 atom stereocenters. The van der Waals surface area contributed by atoms with Crippen LogP contribution in [0, 0.1) is 6.92 Å². The van der Waals surface area contributed by atoms with Crippen molar-refractivity contribution in [3.8, 4) is 0 Å². The van der Waals surface area contributed by atoms with E-state index in [-0.39, 0.29) is 13.0 Å². The fraction of sp³-hybridized carbons (Fsp3) is 0.481. The number of aryl methyl sites for hydroxylation is 1. The number of rotatable bonds is 8. The van der Waals surface area contributed by atoms with E-state index in [2.05, 4.69) is 26.1 Å². The van der Waals surface area contributed by atoms with Crippen molar-refractivity contribution >= 4 is 37.7 Å². The van der Waals surface area contributed by atoms with Crippen molar-refractivity contribution in [1.82, 2.24) is 4.90 Å². The van der Waals surface area contributed by atoms with Crippen LogP contribution in [-0.4, -0.2) is 44.6 Å². The van der Waals surface area contributed by atoms with E-state index in [1.54, 1.807) is 0 Å². The summed E-state index contributed by atoms with van der Waals surface area (Å²) < 4.78 is 18.1. The average Bonchev–Trinajstić information content (AvgIpc) is 3.36. The number of methoxy groups -OCH3 is 1. The first-order valence-corrected chi connectivity index (χ1v) is 15.5. The first-order valence-electron chi connectivity index (χ1n) is 12.6. The Hall–Kier alpha value is -2.55. The highest BCUT2D eigenvalue weighted by atomic mass is 35.5. The van der Waals surface area contributed by atoms with Crippen LogP contribution in [0.5, 0.6) is 0 Å². The quantitative estimate of drug-likeness (QED) is 0.323. The largest absolute Gasteiger partial charge is 0.467 e. The molecule has 1 amide bonds. The van der Waals surface area contributed by atoms with Gasteiger partial charge in [-0.3, -0.25) is 4.90 Å². The molecule has 194 valence electrons. The Bertz CT molecular complexity index is 1120. The van der Waals surface area contributed by atoms with Gasteiger partial charge in [-0.15, -0.1) is 0 Å². The van der Waals surface area contributed by atoms with Crippen molar-refractivity contribution in [1.29, 1.82) is 0 Å². The number of benzene rings is 2. The Kier molecular flexibility index (Phi) is 7.69. The molecule has 1 fully saturated rings. The minimum absolute atomic E-state index is 0.0973. The van der Waals surface area contributed by atoms with E-state index in [1.165, 1.54) is 12.0 Å². The number of hydrogen-bond acceptors (Lipinski definition) is 6. The van der Waals surface area contributed by atoms with E-state index in [9.17, 15) is 9.59 Å². The molecule has 1 saturated heterocycles. The van der Waals surface area contributed by atoms with Crippen molar-refractivity contribution < 1.29 is 23.5 Å². The number of nitrogens with zero attached hydrogens (tertiary/aromatic N) is 1. The van der Waals surface area contributed by atoms with Gasteiger partial charge in [0.25, 0.3) is 0 Å². The van der Waals surface area contributed by atoms with Gasteiger partial charge >= 0.3 is 12.1 Å². The van der Waals surface area contributed by atoms with Crippen LogP contribution in [-0.2, 0) is 30.9 Å². The van der Waals surface area contributed by atoms with E-state index in [4.69, 9.17) is 25.5 Å². The fourth-order valence-corrected chi connectivity index (χ4v) is 8.68. The van der Waals surface area contributed by atoms with Gasteiger partial charge in [-0.05, 0) is 48.3 Å². The lowest BCUT2D eigenvalue weighted by atomic mass is 9.90. The molecule has 2 aromatic carbocycles. The van der Waals surface area contributed by atoms with E-state index >= 15 is 0 Å². The van der Waals surface area contributed by atoms with Crippen LogP contribution in [0.2, 0.25) is 23.2 Å². The number of amides is 1. The standard InChI is InChI=1S/C27H35ClN2O5Si/c1-6-36(7-2,8-3)35-27-16-23(24(31)33-5)30(26(32)34-17-19-12-10-9-11-13-19)25(27)29-22-15-21(28)18(4)14-20(22)27/h9-15,23,25,29H,6-8,16-17H2,1-5H3/t23-,25-,27+/m0/s1. The molecule has 2 aliphatic heterocycles. The molecule has 0 saturated carbocycles. The number of carbonyl (C=O) groups is 2. The smallest absolute Gasteiger partial charge is 0.412 e. The van der Waals surface area contributed by atoms with Crippen LogP contribution in [0.15, 0.2) is 42.5 Å². The summed E-state index contributed by atoms with van der Waals surface area (Å²) in [5.74, 6) is -0.491. The van der Waals surface area contributed by atoms with Crippen molar-refractivity contribution in [2.45, 2.75) is 76.7 Å². The maximum Gasteiger partial charge on any atom is 0.412 e. The summed E-state index contributed by atoms with van der Waals surface area (Å²) in [5, 5.41) is 4.10. The molecular formula is C27H35ClN2O5Si. The first kappa shape index (κ1) is 26.5. The number of ether oxygens (including phenoxy) is 2. The third kappa shape index (κ3) is 4.50. The number of anilines is 1. The molecule has 0 aliphatic carbocycles. The minimum atomic E-state index is -2.19. The predicted octanol–water partition coefficient (Wildman–Crippen LogP) is 6.20. The second kappa shape index (κ2) is 10.4. The topological polar surface area (TPSA) is 77.1 Å². The van der Waals surface area contributed by atoms with Gasteiger partial charge in [0, 0.05) is 22.7 Å². The SMILES string of the molecule is CC[Si](CC)(CC)O[C@@]12C[C@@H](C(=O)OC)N(C(=O)OCc3ccccc3)[C@@H]1Nc1cc(Cl)c(C)cc12. The molecule has 0 unspecified atom stereocenters. The summed E-state index contributed by atoms with van der Waals surface area (Å²) in [6, 6.07) is 15.3. The molecule has 9 heteroatoms. The van der Waals surface area contributed by atoms with Crippen molar-refractivity contribution in [2.24, 2.45) is 0 Å². The first-order chi connectivity index (χ1) is 17.2. The van der Waals surface area contributed by atoms with Crippen LogP contribution in [0.25, 0.3) is 0 Å². The third-order valence-corrected chi connectivity index (χ3v) is 12.9. The molecular weight excluding hydrogens is 496 g/mol. The predicted molar refractivity (Wildman–Crippen MR) is 142 cm³/mol. The molecule has 36 heavy (non-hydrogen) atoms. The molecule has 0 spiro atoms. The van der Waals surface area contributed by atoms with Gasteiger partial charge in [0.15, 0.2) is 8.32 Å². The van der Waals surface area contributed by atoms with Gasteiger partial charge in [-0.25, -0.2) is 9.59 Å². The second-order valence-corrected chi connectivity index (χ2v) is 14.7. The number of nitrogens with one attached hydrogen (secondary N) is 1. The van der Waals surface area contributed by atoms with Gasteiger partial charge in [0.2, 0.25) is 0 Å². The highest BCUT2D eigenvalue weighted by Crippen LogP contribution is 2.55. The van der Waals surface area contributed by atoms with Crippen LogP contribution in [0.1, 0.15) is 43.9 Å². The van der Waals surface area contributed by atoms with Crippen LogP contribution < -0.4 is 5.32 Å². The highest BCUT2D eigenvalue weighted by molar-refractivity contribution is 6.73. The normalized spacial score (nSPS) is 22.6. The molecule has 1 N–H and O–H groups in total. The summed E-state index contributed by atoms with van der Waals surface area (Å²) in [4.78, 5) is 28.1. The van der Waals surface area contributed by atoms with E-state index in [0.717, 1.165) is 40.5 Å². The molecule has 2 heterocycles. The fourth-order valence-electron chi connectivity index (χ4n) is 5.51. The summed E-state index contributed by atoms with van der Waals surface area (Å²) in [5.41, 5.74) is 2.60. The Labute approximate surface area is 219 Å². The average molecular weight is 531 g/mol. The molecule has 0 aromatic heterocycles. The van der Waals surface area contributed by atoms with E-state index < -0.39 is 38.2 Å². The van der Waals surface area contributed by atoms with Crippen molar-refractivity contribution in [3.63, 3.8) is 0 Å². The van der Waals surface area contributed by atoms with Gasteiger partial charge in [0.1, 0.15) is 24.4 Å². The molecule has 2 aliphatic rings. The zero-order valence-electron chi connectivity index (χ0n) is 21.6. The van der Waals surface area contributed by atoms with Crippen LogP contribution in [0.3, 0.4) is 0 Å². The monoisotopic (exact) mass is 530 g/mol. The lowest BCUT2D eigenvalue weighted by Gasteiger charge is -2.41. The van der Waals surface area contributed by atoms with Gasteiger partial charge < -0.3 is 19.2 Å². The number of halogens is 1. The Morgan fingerprint density at radius 1 is 1.14 bits per heavy atom. The number of fused-ring (bicyclic) bond motifs is 3. The summed E-state index contributed by atoms with van der Waals surface area (Å²) >= 11 is 6.48. The van der Waals surface area contributed by atoms with Crippen LogP contribution >= 0.6 is 11.6 Å². The summed E-state index contributed by atoms with van der Waals surface area (Å²) in [6.07, 6.45) is -0.945. The number of carbonyl (C=O) groups excluding carboxylic acids is 2. The molecule has 0 radical (unpaired) electrons. The molecule has 4 rings (SSSR count). The van der Waals surface area contributed by atoms with Gasteiger partial charge in [-0.1, -0.05) is 62.7 Å². The van der Waals surface area contributed by atoms with Gasteiger partial charge in [-0.2, -0.15) is 0 Å². The maximum atomic E-state index is 13.6. The number of likely N-dealkylation sites (tertiary alicyclic amines) is 1. The van der Waals surface area contributed by atoms with Crippen molar-refractivity contribution in [3.05, 3.63) is 64.2 Å². The van der Waals surface area contributed by atoms with E-state index in [0.29, 0.717) is 5.02 Å². The highest BCUT2D eigenvalue weighted by Gasteiger charge is 2.64. The Balaban J connectivity index is 1.79. The Morgan fingerprint density at radius 3 is 2.42 bits per heavy atom. The lowest BCUT2D eigenvalue weighted by Crippen LogP contribution is -2.54. The zero-order valence-corrected chi connectivity index (χ0v) is 23.4. The third-order valence-electron chi connectivity index (χ3n) is 7.82. The van der Waals surface area contributed by atoms with Crippen LogP contribution in [0.4, 0.5) is 10.5 Å². The summed E-state index contributed by atoms with van der Waals surface area (Å²) in [6.45, 7) is 8.55. The second-order valence-electron chi connectivity index (χ2n) is 9.62. The number of esters is 1. The maximum absolute atomic E-state index is 13.6. The molecule has 2 aromatic rings. The van der Waals surface area contributed by atoms with Gasteiger partial charge in [0.05, 0.1) is 7.11 Å². The zero-order chi connectivity index (χ0) is 26.1. The number of hydrogen-bond donors (Lipinski definition) is 1. The van der Waals surface area contributed by atoms with Crippen molar-refractivity contribution in [2.75, 3.05) is 12.4 Å². The molecule has 7 nitrogen and oxygen atoms in total. The Morgan fingerprint density at radius 2 is 1.81 bits per heavy atom. The minimum Gasteiger partial charge on any atom is -0.467 e. The molecule has 0 bridgehead atoms. The lowest BCUT2D eigenvalue weighted by molar-refractivity contribution is -0.145. The summed E-state index contributed by atoms with van der Waals surface area (Å²) in [7, 11) is -0.852. The van der Waals surface area contributed by atoms with E-state index in [1.807, 2.05) is 49.4 Å².